The van der Waals surface area contributed by atoms with E-state index in [9.17, 15) is 0 Å². The fraction of sp³-hybridized carbons (Fsp3) is 0.222. The molecule has 3 nitrogen and oxygen atoms in total. The van der Waals surface area contributed by atoms with E-state index in [0.29, 0.717) is 6.61 Å². The maximum absolute atomic E-state index is 5.53. The number of nitrogens with one attached hydrogen (secondary N) is 1. The van der Waals surface area contributed by atoms with Crippen LogP contribution in [0.4, 0.5) is 0 Å². The van der Waals surface area contributed by atoms with Crippen LogP contribution in [0.2, 0.25) is 0 Å². The van der Waals surface area contributed by atoms with Crippen LogP contribution in [0, 0.1) is 0 Å². The Kier molecular flexibility index (Phi) is 5.85. The lowest BCUT2D eigenvalue weighted by molar-refractivity contribution is 0.362. The second kappa shape index (κ2) is 8.12. The summed E-state index contributed by atoms with van der Waals surface area (Å²) in [5.41, 5.74) is 2.43. The molecular formula is C18H21NO2. The Balaban J connectivity index is 1.83. The minimum Gasteiger partial charge on any atom is -0.497 e. The van der Waals surface area contributed by atoms with E-state index in [4.69, 9.17) is 9.47 Å². The zero-order valence-corrected chi connectivity index (χ0v) is 12.3. The molecule has 0 fully saturated rings. The van der Waals surface area contributed by atoms with Crippen molar-refractivity contribution >= 4 is 0 Å². The summed E-state index contributed by atoms with van der Waals surface area (Å²) in [6.45, 7) is 5.80. The first-order valence-electron chi connectivity index (χ1n) is 6.98. The molecule has 0 radical (unpaired) electrons. The van der Waals surface area contributed by atoms with Gasteiger partial charge in [0, 0.05) is 13.1 Å². The van der Waals surface area contributed by atoms with Crippen molar-refractivity contribution in [1.29, 1.82) is 0 Å². The van der Waals surface area contributed by atoms with Crippen molar-refractivity contribution < 1.29 is 9.47 Å². The van der Waals surface area contributed by atoms with Crippen molar-refractivity contribution in [2.24, 2.45) is 0 Å². The predicted molar refractivity (Wildman–Crippen MR) is 85.7 cm³/mol. The van der Waals surface area contributed by atoms with Crippen molar-refractivity contribution in [3.63, 3.8) is 0 Å². The maximum atomic E-state index is 5.53. The third kappa shape index (κ3) is 4.97. The Morgan fingerprint density at radius 3 is 2.48 bits per heavy atom. The van der Waals surface area contributed by atoms with E-state index in [-0.39, 0.29) is 0 Å². The fourth-order valence-corrected chi connectivity index (χ4v) is 1.99. The highest BCUT2D eigenvalue weighted by Crippen LogP contribution is 2.14. The van der Waals surface area contributed by atoms with Gasteiger partial charge in [-0.25, -0.2) is 0 Å². The summed E-state index contributed by atoms with van der Waals surface area (Å²) in [5.74, 6) is 1.75. The van der Waals surface area contributed by atoms with Crippen molar-refractivity contribution in [2.45, 2.75) is 13.1 Å². The summed E-state index contributed by atoms with van der Waals surface area (Å²) in [4.78, 5) is 0. The summed E-state index contributed by atoms with van der Waals surface area (Å²) in [7, 11) is 1.68. The Morgan fingerprint density at radius 2 is 1.76 bits per heavy atom. The third-order valence-corrected chi connectivity index (χ3v) is 3.08. The van der Waals surface area contributed by atoms with Gasteiger partial charge < -0.3 is 14.8 Å². The van der Waals surface area contributed by atoms with Gasteiger partial charge in [0.25, 0.3) is 0 Å². The fourth-order valence-electron chi connectivity index (χ4n) is 1.99. The van der Waals surface area contributed by atoms with Crippen molar-refractivity contribution in [1.82, 2.24) is 5.32 Å². The van der Waals surface area contributed by atoms with E-state index in [0.717, 1.165) is 24.6 Å². The first-order valence-corrected chi connectivity index (χ1v) is 6.98. The molecule has 0 bridgehead atoms. The largest absolute Gasteiger partial charge is 0.497 e. The predicted octanol–water partition coefficient (Wildman–Crippen LogP) is 3.55. The Labute approximate surface area is 126 Å². The molecule has 0 amide bonds. The van der Waals surface area contributed by atoms with Gasteiger partial charge in [-0.15, -0.1) is 0 Å². The number of ether oxygens (including phenoxy) is 2. The van der Waals surface area contributed by atoms with Crippen LogP contribution in [0.1, 0.15) is 11.1 Å². The molecule has 0 saturated carbocycles. The number of benzene rings is 2. The second-order valence-corrected chi connectivity index (χ2v) is 4.70. The SMILES string of the molecule is C=CCOc1cccc(CNCc2ccc(OC)cc2)c1. The summed E-state index contributed by atoms with van der Waals surface area (Å²) in [5, 5.41) is 3.42. The lowest BCUT2D eigenvalue weighted by Crippen LogP contribution is -2.12. The number of methoxy groups -OCH3 is 1. The Bertz CT molecular complexity index is 564. The summed E-state index contributed by atoms with van der Waals surface area (Å²) >= 11 is 0. The summed E-state index contributed by atoms with van der Waals surface area (Å²) in [6.07, 6.45) is 1.74. The van der Waals surface area contributed by atoms with Crippen LogP contribution in [-0.4, -0.2) is 13.7 Å². The molecule has 2 aromatic carbocycles. The standard InChI is InChI=1S/C18H21NO2/c1-3-11-21-18-6-4-5-16(12-18)14-19-13-15-7-9-17(20-2)10-8-15/h3-10,12,19H,1,11,13-14H2,2H3. The molecule has 3 heteroatoms. The van der Waals surface area contributed by atoms with Gasteiger partial charge in [0.1, 0.15) is 18.1 Å². The second-order valence-electron chi connectivity index (χ2n) is 4.70. The lowest BCUT2D eigenvalue weighted by Gasteiger charge is -2.08. The molecule has 2 rings (SSSR count). The molecule has 0 aliphatic heterocycles. The molecule has 2 aromatic rings. The molecular weight excluding hydrogens is 262 g/mol. The first kappa shape index (κ1) is 15.1. The molecule has 0 spiro atoms. The molecule has 21 heavy (non-hydrogen) atoms. The third-order valence-electron chi connectivity index (χ3n) is 3.08. The highest BCUT2D eigenvalue weighted by molar-refractivity contribution is 5.29. The smallest absolute Gasteiger partial charge is 0.120 e. The van der Waals surface area contributed by atoms with Gasteiger partial charge in [0.15, 0.2) is 0 Å². The summed E-state index contributed by atoms with van der Waals surface area (Å²) < 4.78 is 10.7. The van der Waals surface area contributed by atoms with Crippen LogP contribution in [0.5, 0.6) is 11.5 Å². The van der Waals surface area contributed by atoms with Crippen LogP contribution in [0.25, 0.3) is 0 Å². The zero-order chi connectivity index (χ0) is 14.9. The van der Waals surface area contributed by atoms with Crippen LogP contribution in [-0.2, 0) is 13.1 Å². The average Bonchev–Trinajstić information content (AvgIpc) is 2.54. The average molecular weight is 283 g/mol. The maximum Gasteiger partial charge on any atom is 0.120 e. The van der Waals surface area contributed by atoms with Gasteiger partial charge in [-0.05, 0) is 35.4 Å². The van der Waals surface area contributed by atoms with E-state index in [1.807, 2.05) is 30.3 Å². The number of rotatable bonds is 8. The monoisotopic (exact) mass is 283 g/mol. The zero-order valence-electron chi connectivity index (χ0n) is 12.3. The van der Waals surface area contributed by atoms with Gasteiger partial charge in [-0.2, -0.15) is 0 Å². The molecule has 0 saturated heterocycles. The van der Waals surface area contributed by atoms with Gasteiger partial charge in [-0.3, -0.25) is 0 Å². The molecule has 0 aliphatic rings. The van der Waals surface area contributed by atoms with Crippen LogP contribution in [0.3, 0.4) is 0 Å². The van der Waals surface area contributed by atoms with Crippen LogP contribution >= 0.6 is 0 Å². The van der Waals surface area contributed by atoms with E-state index < -0.39 is 0 Å². The Morgan fingerprint density at radius 1 is 1.00 bits per heavy atom. The summed E-state index contributed by atoms with van der Waals surface area (Å²) in [6, 6.07) is 16.2. The van der Waals surface area contributed by atoms with Gasteiger partial charge in [0.05, 0.1) is 7.11 Å². The number of hydrogen-bond donors (Lipinski definition) is 1. The van der Waals surface area contributed by atoms with E-state index in [1.165, 1.54) is 11.1 Å². The number of hydrogen-bond acceptors (Lipinski definition) is 3. The van der Waals surface area contributed by atoms with E-state index in [1.54, 1.807) is 13.2 Å². The van der Waals surface area contributed by atoms with Gasteiger partial charge in [-0.1, -0.05) is 36.9 Å². The lowest BCUT2D eigenvalue weighted by atomic mass is 10.2. The Hall–Kier alpha value is -2.26. The highest BCUT2D eigenvalue weighted by atomic mass is 16.5. The van der Waals surface area contributed by atoms with E-state index >= 15 is 0 Å². The molecule has 110 valence electrons. The molecule has 0 atom stereocenters. The van der Waals surface area contributed by atoms with Gasteiger partial charge in [0.2, 0.25) is 0 Å². The van der Waals surface area contributed by atoms with Crippen molar-refractivity contribution in [3.05, 3.63) is 72.3 Å². The quantitative estimate of drug-likeness (QED) is 0.752. The van der Waals surface area contributed by atoms with Crippen LogP contribution < -0.4 is 14.8 Å². The molecule has 0 aromatic heterocycles. The highest BCUT2D eigenvalue weighted by Gasteiger charge is 1.98. The van der Waals surface area contributed by atoms with Gasteiger partial charge >= 0.3 is 0 Å². The molecule has 0 unspecified atom stereocenters. The minimum atomic E-state index is 0.530. The molecule has 1 N–H and O–H groups in total. The molecule has 0 aliphatic carbocycles. The van der Waals surface area contributed by atoms with Crippen LogP contribution in [0.15, 0.2) is 61.2 Å². The first-order chi connectivity index (χ1) is 10.3. The van der Waals surface area contributed by atoms with Crippen molar-refractivity contribution in [3.8, 4) is 11.5 Å². The topological polar surface area (TPSA) is 30.5 Å². The minimum absolute atomic E-state index is 0.530. The normalized spacial score (nSPS) is 10.1. The molecule has 0 heterocycles. The van der Waals surface area contributed by atoms with E-state index in [2.05, 4.69) is 30.1 Å². The van der Waals surface area contributed by atoms with Crippen molar-refractivity contribution in [2.75, 3.05) is 13.7 Å².